The molecule has 0 saturated heterocycles. The number of H-pyrrole nitrogens is 1. The van der Waals surface area contributed by atoms with Gasteiger partial charge in [0.1, 0.15) is 0 Å². The Morgan fingerprint density at radius 3 is 2.67 bits per heavy atom. The Kier molecular flexibility index (Phi) is 3.07. The fourth-order valence-electron chi connectivity index (χ4n) is 2.06. The standard InChI is InChI=1S/C15H15N3/c1-2-15-14(5-8-18-15)9-13(1)11-17-10-12-3-6-16-7-4-12/h1-9,17-18H,10-11H2. The SMILES string of the molecule is c1cc(CNCc2ccc3[nH]ccc3c2)ccn1. The lowest BCUT2D eigenvalue weighted by molar-refractivity contribution is 0.693. The molecule has 0 atom stereocenters. The molecule has 0 unspecified atom stereocenters. The molecule has 1 aromatic carbocycles. The Bertz CT molecular complexity index is 628. The van der Waals surface area contributed by atoms with Crippen molar-refractivity contribution in [2.75, 3.05) is 0 Å². The van der Waals surface area contributed by atoms with Crippen molar-refractivity contribution in [1.29, 1.82) is 0 Å². The molecule has 0 saturated carbocycles. The molecule has 0 aliphatic carbocycles. The first-order valence-corrected chi connectivity index (χ1v) is 6.07. The third-order valence-corrected chi connectivity index (χ3v) is 3.03. The number of nitrogens with one attached hydrogen (secondary N) is 2. The van der Waals surface area contributed by atoms with Crippen LogP contribution >= 0.6 is 0 Å². The van der Waals surface area contributed by atoms with Crippen LogP contribution in [0.5, 0.6) is 0 Å². The van der Waals surface area contributed by atoms with Crippen LogP contribution < -0.4 is 5.32 Å². The number of aromatic nitrogens is 2. The normalized spacial score (nSPS) is 10.9. The molecule has 0 spiro atoms. The molecular formula is C15H15N3. The van der Waals surface area contributed by atoms with Crippen molar-refractivity contribution in [3.05, 3.63) is 66.1 Å². The van der Waals surface area contributed by atoms with E-state index in [0.29, 0.717) is 0 Å². The van der Waals surface area contributed by atoms with Gasteiger partial charge in [-0.15, -0.1) is 0 Å². The number of hydrogen-bond acceptors (Lipinski definition) is 2. The number of pyridine rings is 1. The predicted octanol–water partition coefficient (Wildman–Crippen LogP) is 2.85. The molecule has 0 amide bonds. The Balaban J connectivity index is 1.62. The summed E-state index contributed by atoms with van der Waals surface area (Å²) >= 11 is 0. The molecule has 2 aromatic heterocycles. The van der Waals surface area contributed by atoms with Crippen LogP contribution in [0.4, 0.5) is 0 Å². The lowest BCUT2D eigenvalue weighted by Crippen LogP contribution is -2.12. The summed E-state index contributed by atoms with van der Waals surface area (Å²) in [5, 5.41) is 4.70. The van der Waals surface area contributed by atoms with Gasteiger partial charge in [0, 0.05) is 37.2 Å². The van der Waals surface area contributed by atoms with Crippen molar-refractivity contribution in [2.45, 2.75) is 13.1 Å². The van der Waals surface area contributed by atoms with Crippen molar-refractivity contribution in [3.63, 3.8) is 0 Å². The van der Waals surface area contributed by atoms with E-state index >= 15 is 0 Å². The second-order valence-corrected chi connectivity index (χ2v) is 4.36. The summed E-state index contributed by atoms with van der Waals surface area (Å²) in [6.07, 6.45) is 5.62. The Hall–Kier alpha value is -2.13. The summed E-state index contributed by atoms with van der Waals surface area (Å²) in [4.78, 5) is 7.21. The van der Waals surface area contributed by atoms with E-state index in [-0.39, 0.29) is 0 Å². The van der Waals surface area contributed by atoms with Gasteiger partial charge in [-0.25, -0.2) is 0 Å². The molecule has 3 heteroatoms. The van der Waals surface area contributed by atoms with Gasteiger partial charge in [0.15, 0.2) is 0 Å². The molecule has 2 heterocycles. The average molecular weight is 237 g/mol. The zero-order valence-electron chi connectivity index (χ0n) is 10.1. The molecule has 0 aliphatic heterocycles. The van der Waals surface area contributed by atoms with Gasteiger partial charge in [-0.1, -0.05) is 6.07 Å². The molecule has 3 rings (SSSR count). The minimum atomic E-state index is 0.869. The van der Waals surface area contributed by atoms with E-state index in [9.17, 15) is 0 Å². The van der Waals surface area contributed by atoms with Crippen LogP contribution in [0.15, 0.2) is 55.0 Å². The highest BCUT2D eigenvalue weighted by Crippen LogP contribution is 2.14. The first kappa shape index (κ1) is 11.0. The first-order valence-electron chi connectivity index (χ1n) is 6.07. The first-order chi connectivity index (χ1) is 8.92. The molecule has 0 radical (unpaired) electrons. The second kappa shape index (κ2) is 5.02. The van der Waals surface area contributed by atoms with Crippen LogP contribution in [0, 0.1) is 0 Å². The van der Waals surface area contributed by atoms with Gasteiger partial charge < -0.3 is 10.3 Å². The highest BCUT2D eigenvalue weighted by Gasteiger charge is 1.97. The van der Waals surface area contributed by atoms with Gasteiger partial charge in [-0.3, -0.25) is 4.98 Å². The maximum Gasteiger partial charge on any atom is 0.0454 e. The highest BCUT2D eigenvalue weighted by atomic mass is 14.8. The summed E-state index contributed by atoms with van der Waals surface area (Å²) in [6.45, 7) is 1.75. The number of aromatic amines is 1. The van der Waals surface area contributed by atoms with E-state index in [1.54, 1.807) is 0 Å². The van der Waals surface area contributed by atoms with E-state index in [0.717, 1.165) is 13.1 Å². The molecule has 0 fully saturated rings. The topological polar surface area (TPSA) is 40.7 Å². The van der Waals surface area contributed by atoms with Crippen LogP contribution in [0.3, 0.4) is 0 Å². The quantitative estimate of drug-likeness (QED) is 0.732. The summed E-state index contributed by atoms with van der Waals surface area (Å²) in [5.41, 5.74) is 3.75. The number of rotatable bonds is 4. The van der Waals surface area contributed by atoms with Crippen molar-refractivity contribution in [1.82, 2.24) is 15.3 Å². The Morgan fingerprint density at radius 2 is 1.78 bits per heavy atom. The average Bonchev–Trinajstić information content (AvgIpc) is 2.87. The van der Waals surface area contributed by atoms with E-state index in [4.69, 9.17) is 0 Å². The molecule has 3 nitrogen and oxygen atoms in total. The Labute approximate surface area is 106 Å². The number of fused-ring (bicyclic) bond motifs is 1. The zero-order valence-corrected chi connectivity index (χ0v) is 10.1. The fraction of sp³-hybridized carbons (Fsp3) is 0.133. The zero-order chi connectivity index (χ0) is 12.2. The number of nitrogens with zero attached hydrogens (tertiary/aromatic N) is 1. The van der Waals surface area contributed by atoms with Crippen LogP contribution in [0.25, 0.3) is 10.9 Å². The maximum atomic E-state index is 4.01. The number of hydrogen-bond donors (Lipinski definition) is 2. The Morgan fingerprint density at radius 1 is 0.944 bits per heavy atom. The summed E-state index contributed by atoms with van der Waals surface area (Å²) in [5.74, 6) is 0. The molecule has 18 heavy (non-hydrogen) atoms. The van der Waals surface area contributed by atoms with Crippen LogP contribution in [0.1, 0.15) is 11.1 Å². The van der Waals surface area contributed by atoms with Crippen LogP contribution in [0.2, 0.25) is 0 Å². The van der Waals surface area contributed by atoms with Gasteiger partial charge >= 0.3 is 0 Å². The van der Waals surface area contributed by atoms with Crippen molar-refractivity contribution < 1.29 is 0 Å². The maximum absolute atomic E-state index is 4.01. The fourth-order valence-corrected chi connectivity index (χ4v) is 2.06. The summed E-state index contributed by atoms with van der Waals surface area (Å²) < 4.78 is 0. The summed E-state index contributed by atoms with van der Waals surface area (Å²) in [6, 6.07) is 12.6. The largest absolute Gasteiger partial charge is 0.361 e. The highest BCUT2D eigenvalue weighted by molar-refractivity contribution is 5.79. The van der Waals surface area contributed by atoms with Crippen molar-refractivity contribution in [2.24, 2.45) is 0 Å². The minimum absolute atomic E-state index is 0.869. The lowest BCUT2D eigenvalue weighted by atomic mass is 10.1. The van der Waals surface area contributed by atoms with Gasteiger partial charge in [0.05, 0.1) is 0 Å². The van der Waals surface area contributed by atoms with Crippen molar-refractivity contribution >= 4 is 10.9 Å². The van der Waals surface area contributed by atoms with E-state index < -0.39 is 0 Å². The molecular weight excluding hydrogens is 222 g/mol. The lowest BCUT2D eigenvalue weighted by Gasteiger charge is -2.05. The third-order valence-electron chi connectivity index (χ3n) is 3.03. The minimum Gasteiger partial charge on any atom is -0.361 e. The summed E-state index contributed by atoms with van der Waals surface area (Å²) in [7, 11) is 0. The van der Waals surface area contributed by atoms with Gasteiger partial charge in [-0.05, 0) is 46.8 Å². The molecule has 90 valence electrons. The monoisotopic (exact) mass is 237 g/mol. The smallest absolute Gasteiger partial charge is 0.0454 e. The molecule has 0 bridgehead atoms. The van der Waals surface area contributed by atoms with Gasteiger partial charge in [0.2, 0.25) is 0 Å². The van der Waals surface area contributed by atoms with E-state index in [1.165, 1.54) is 22.0 Å². The molecule has 2 N–H and O–H groups in total. The van der Waals surface area contributed by atoms with Crippen LogP contribution in [-0.2, 0) is 13.1 Å². The van der Waals surface area contributed by atoms with E-state index in [2.05, 4.69) is 39.6 Å². The molecule has 3 aromatic rings. The van der Waals surface area contributed by atoms with E-state index in [1.807, 2.05) is 30.7 Å². The third kappa shape index (κ3) is 2.41. The van der Waals surface area contributed by atoms with Gasteiger partial charge in [0.25, 0.3) is 0 Å². The predicted molar refractivity (Wildman–Crippen MR) is 73.1 cm³/mol. The van der Waals surface area contributed by atoms with Crippen LogP contribution in [-0.4, -0.2) is 9.97 Å². The number of benzene rings is 1. The second-order valence-electron chi connectivity index (χ2n) is 4.36. The van der Waals surface area contributed by atoms with Gasteiger partial charge in [-0.2, -0.15) is 0 Å². The molecule has 0 aliphatic rings. The van der Waals surface area contributed by atoms with Crippen molar-refractivity contribution in [3.8, 4) is 0 Å².